The van der Waals surface area contributed by atoms with Crippen molar-refractivity contribution in [1.29, 1.82) is 0 Å². The van der Waals surface area contributed by atoms with E-state index >= 15 is 0 Å². The average molecular weight is 330 g/mol. The number of benzene rings is 1. The molecule has 0 aromatic heterocycles. The van der Waals surface area contributed by atoms with Crippen LogP contribution in [0.2, 0.25) is 0 Å². The zero-order valence-electron chi connectivity index (χ0n) is 12.9. The topological polar surface area (TPSA) is 67.8 Å². The number of thioether (sulfide) groups is 1. The maximum atomic E-state index is 12.0. The van der Waals surface area contributed by atoms with Crippen LogP contribution in [0.3, 0.4) is 0 Å². The molecule has 1 aliphatic carbocycles. The molecule has 6 heteroatoms. The highest BCUT2D eigenvalue weighted by Crippen LogP contribution is 2.29. The number of nitrogens with zero attached hydrogens (tertiary/aromatic N) is 1. The molecule has 1 aliphatic heterocycles. The second kappa shape index (κ2) is 7.00. The van der Waals surface area contributed by atoms with E-state index < -0.39 is 0 Å². The summed E-state index contributed by atoms with van der Waals surface area (Å²) in [6.07, 6.45) is 6.45. The Bertz CT molecular complexity index is 674. The standard InChI is InChI=1S/C17H18N2O3S/c1-22-16(21)12-8-6-11(7-9-12)10-14-15(20)19-17(23-14)18-13-4-2-3-5-13/h6-10,13H,2-5H2,1H3,(H,18,19,20)/b14-10-. The highest BCUT2D eigenvalue weighted by atomic mass is 32.2. The van der Waals surface area contributed by atoms with E-state index in [2.05, 4.69) is 15.0 Å². The maximum Gasteiger partial charge on any atom is 0.337 e. The highest BCUT2D eigenvalue weighted by molar-refractivity contribution is 8.18. The number of ether oxygens (including phenoxy) is 1. The molecule has 3 rings (SSSR count). The van der Waals surface area contributed by atoms with E-state index in [0.29, 0.717) is 21.7 Å². The number of esters is 1. The van der Waals surface area contributed by atoms with Gasteiger partial charge in [0, 0.05) is 0 Å². The number of amides is 1. The van der Waals surface area contributed by atoms with Gasteiger partial charge in [0.1, 0.15) is 0 Å². The third-order valence-corrected chi connectivity index (χ3v) is 4.83. The van der Waals surface area contributed by atoms with E-state index in [-0.39, 0.29) is 11.9 Å². The SMILES string of the molecule is COC(=O)c1ccc(/C=C2\SC(=NC3CCCC3)NC2=O)cc1. The monoisotopic (exact) mass is 330 g/mol. The van der Waals surface area contributed by atoms with Gasteiger partial charge in [-0.1, -0.05) is 25.0 Å². The number of amidine groups is 1. The third kappa shape index (κ3) is 3.82. The molecule has 23 heavy (non-hydrogen) atoms. The zero-order chi connectivity index (χ0) is 16.2. The molecule has 1 amide bonds. The molecule has 0 spiro atoms. The number of hydrogen-bond donors (Lipinski definition) is 1. The Balaban J connectivity index is 1.72. The minimum Gasteiger partial charge on any atom is -0.465 e. The van der Waals surface area contributed by atoms with Gasteiger partial charge < -0.3 is 10.1 Å². The van der Waals surface area contributed by atoms with E-state index in [1.807, 2.05) is 0 Å². The smallest absolute Gasteiger partial charge is 0.337 e. The van der Waals surface area contributed by atoms with Gasteiger partial charge in [-0.25, -0.2) is 4.79 Å². The van der Waals surface area contributed by atoms with Gasteiger partial charge in [-0.15, -0.1) is 0 Å². The van der Waals surface area contributed by atoms with E-state index in [4.69, 9.17) is 0 Å². The Hall–Kier alpha value is -2.08. The molecule has 2 aliphatic rings. The van der Waals surface area contributed by atoms with Crippen molar-refractivity contribution in [2.45, 2.75) is 31.7 Å². The van der Waals surface area contributed by atoms with Crippen LogP contribution in [0, 0.1) is 0 Å². The van der Waals surface area contributed by atoms with Crippen molar-refractivity contribution in [3.8, 4) is 0 Å². The fraction of sp³-hybridized carbons (Fsp3) is 0.353. The van der Waals surface area contributed by atoms with Crippen LogP contribution < -0.4 is 5.32 Å². The molecule has 0 radical (unpaired) electrons. The molecular weight excluding hydrogens is 312 g/mol. The summed E-state index contributed by atoms with van der Waals surface area (Å²) in [6.45, 7) is 0. The van der Waals surface area contributed by atoms with Crippen molar-refractivity contribution in [2.24, 2.45) is 4.99 Å². The molecule has 1 heterocycles. The van der Waals surface area contributed by atoms with Gasteiger partial charge in [0.05, 0.1) is 23.6 Å². The lowest BCUT2D eigenvalue weighted by Gasteiger charge is -2.02. The molecule has 1 saturated carbocycles. The first-order chi connectivity index (χ1) is 11.2. The van der Waals surface area contributed by atoms with Crippen LogP contribution in [-0.4, -0.2) is 30.2 Å². The highest BCUT2D eigenvalue weighted by Gasteiger charge is 2.25. The van der Waals surface area contributed by atoms with E-state index in [1.165, 1.54) is 31.7 Å². The second-order valence-electron chi connectivity index (χ2n) is 5.55. The molecule has 120 valence electrons. The predicted octanol–water partition coefficient (Wildman–Crippen LogP) is 2.98. The fourth-order valence-electron chi connectivity index (χ4n) is 2.67. The van der Waals surface area contributed by atoms with E-state index in [9.17, 15) is 9.59 Å². The lowest BCUT2D eigenvalue weighted by Crippen LogP contribution is -2.21. The lowest BCUT2D eigenvalue weighted by molar-refractivity contribution is -0.115. The first-order valence-corrected chi connectivity index (χ1v) is 8.44. The molecule has 1 aromatic carbocycles. The van der Waals surface area contributed by atoms with Gasteiger partial charge in [0.25, 0.3) is 5.91 Å². The number of carbonyl (C=O) groups is 2. The normalized spacial score (nSPS) is 21.9. The molecule has 1 saturated heterocycles. The third-order valence-electron chi connectivity index (χ3n) is 3.90. The first-order valence-electron chi connectivity index (χ1n) is 7.63. The molecule has 0 unspecified atom stereocenters. The van der Waals surface area contributed by atoms with Crippen molar-refractivity contribution in [2.75, 3.05) is 7.11 Å². The Labute approximate surface area is 139 Å². The summed E-state index contributed by atoms with van der Waals surface area (Å²) in [6, 6.07) is 7.29. The summed E-state index contributed by atoms with van der Waals surface area (Å²) >= 11 is 1.37. The summed E-state index contributed by atoms with van der Waals surface area (Å²) in [4.78, 5) is 28.7. The van der Waals surface area contributed by atoms with Crippen molar-refractivity contribution in [3.63, 3.8) is 0 Å². The zero-order valence-corrected chi connectivity index (χ0v) is 13.7. The van der Waals surface area contributed by atoms with Crippen LogP contribution in [0.15, 0.2) is 34.2 Å². The van der Waals surface area contributed by atoms with Gasteiger partial charge >= 0.3 is 5.97 Å². The number of rotatable bonds is 3. The number of methoxy groups -OCH3 is 1. The van der Waals surface area contributed by atoms with Crippen LogP contribution in [0.25, 0.3) is 6.08 Å². The maximum absolute atomic E-state index is 12.0. The van der Waals surface area contributed by atoms with Crippen molar-refractivity contribution >= 4 is 34.9 Å². The van der Waals surface area contributed by atoms with Crippen molar-refractivity contribution < 1.29 is 14.3 Å². The minimum absolute atomic E-state index is 0.121. The van der Waals surface area contributed by atoms with Crippen LogP contribution in [0.1, 0.15) is 41.6 Å². The van der Waals surface area contributed by atoms with Crippen molar-refractivity contribution in [1.82, 2.24) is 5.32 Å². The number of nitrogens with one attached hydrogen (secondary N) is 1. The summed E-state index contributed by atoms with van der Waals surface area (Å²) in [5.41, 5.74) is 1.35. The average Bonchev–Trinajstić information content (AvgIpc) is 3.18. The number of hydrogen-bond acceptors (Lipinski definition) is 5. The van der Waals surface area contributed by atoms with Crippen LogP contribution in [-0.2, 0) is 9.53 Å². The Morgan fingerprint density at radius 3 is 2.65 bits per heavy atom. The summed E-state index contributed by atoms with van der Waals surface area (Å²) in [5.74, 6) is -0.494. The Kier molecular flexibility index (Phi) is 4.81. The molecular formula is C17H18N2O3S. The first kappa shape index (κ1) is 15.8. The van der Waals surface area contributed by atoms with Crippen molar-refractivity contribution in [3.05, 3.63) is 40.3 Å². The van der Waals surface area contributed by atoms with Gasteiger partial charge in [0.15, 0.2) is 5.17 Å². The molecule has 1 N–H and O–H groups in total. The second-order valence-corrected chi connectivity index (χ2v) is 6.58. The molecule has 0 atom stereocenters. The predicted molar refractivity (Wildman–Crippen MR) is 91.2 cm³/mol. The van der Waals surface area contributed by atoms with Crippen LogP contribution in [0.5, 0.6) is 0 Å². The van der Waals surface area contributed by atoms with Crippen LogP contribution in [0.4, 0.5) is 0 Å². The minimum atomic E-state index is -0.372. The largest absolute Gasteiger partial charge is 0.465 e. The van der Waals surface area contributed by atoms with E-state index in [0.717, 1.165) is 18.4 Å². The quantitative estimate of drug-likeness (QED) is 0.683. The fourth-order valence-corrected chi connectivity index (χ4v) is 3.56. The Morgan fingerprint density at radius 1 is 1.30 bits per heavy atom. The number of aliphatic imine (C=N–C) groups is 1. The molecule has 2 fully saturated rings. The summed E-state index contributed by atoms with van der Waals surface area (Å²) in [5, 5.41) is 3.52. The summed E-state index contributed by atoms with van der Waals surface area (Å²) < 4.78 is 4.67. The lowest BCUT2D eigenvalue weighted by atomic mass is 10.1. The molecule has 1 aromatic rings. The molecule has 0 bridgehead atoms. The van der Waals surface area contributed by atoms with Crippen LogP contribution >= 0.6 is 11.8 Å². The summed E-state index contributed by atoms with van der Waals surface area (Å²) in [7, 11) is 1.35. The van der Waals surface area contributed by atoms with Gasteiger partial charge in [-0.3, -0.25) is 9.79 Å². The van der Waals surface area contributed by atoms with Gasteiger partial charge in [0.2, 0.25) is 0 Å². The molecule has 5 nitrogen and oxygen atoms in total. The van der Waals surface area contributed by atoms with Gasteiger partial charge in [-0.05, 0) is 48.4 Å². The Morgan fingerprint density at radius 2 is 2.00 bits per heavy atom. The van der Waals surface area contributed by atoms with Gasteiger partial charge in [-0.2, -0.15) is 0 Å². The number of carbonyl (C=O) groups excluding carboxylic acids is 2. The van der Waals surface area contributed by atoms with E-state index in [1.54, 1.807) is 30.3 Å².